The van der Waals surface area contributed by atoms with E-state index in [1.54, 1.807) is 0 Å². The highest BCUT2D eigenvalue weighted by Gasteiger charge is 2.16. The second kappa shape index (κ2) is 7.20. The lowest BCUT2D eigenvalue weighted by atomic mass is 9.97. The van der Waals surface area contributed by atoms with Crippen molar-refractivity contribution in [3.8, 4) is 0 Å². The Bertz CT molecular complexity index is 156. The Kier molecular flexibility index (Phi) is 6.22. The van der Waals surface area contributed by atoms with Crippen LogP contribution in [0.15, 0.2) is 0 Å². The van der Waals surface area contributed by atoms with Crippen molar-refractivity contribution in [1.82, 2.24) is 10.2 Å². The van der Waals surface area contributed by atoms with Crippen LogP contribution < -0.4 is 5.32 Å². The molecule has 0 spiro atoms. The first kappa shape index (κ1) is 12.9. The van der Waals surface area contributed by atoms with Gasteiger partial charge in [0.1, 0.15) is 0 Å². The van der Waals surface area contributed by atoms with Crippen molar-refractivity contribution in [1.29, 1.82) is 0 Å². The third kappa shape index (κ3) is 5.50. The van der Waals surface area contributed by atoms with E-state index >= 15 is 0 Å². The molecule has 1 fully saturated rings. The van der Waals surface area contributed by atoms with Crippen molar-refractivity contribution < 1.29 is 5.11 Å². The Balaban J connectivity index is 2.04. The normalized spacial score (nSPS) is 21.8. The molecule has 1 saturated heterocycles. The molecule has 1 aliphatic heterocycles. The van der Waals surface area contributed by atoms with Gasteiger partial charge in [-0.1, -0.05) is 0 Å². The third-order valence-electron chi connectivity index (χ3n) is 3.39. The first-order valence-electron chi connectivity index (χ1n) is 6.25. The number of nitrogens with zero attached hydrogens (tertiary/aromatic N) is 1. The first-order valence-corrected chi connectivity index (χ1v) is 6.25. The number of nitrogens with one attached hydrogen (secondary N) is 1. The topological polar surface area (TPSA) is 35.5 Å². The lowest BCUT2D eigenvalue weighted by Gasteiger charge is -2.29. The molecular weight excluding hydrogens is 188 g/mol. The number of piperidine rings is 1. The summed E-state index contributed by atoms with van der Waals surface area (Å²) in [6, 6.07) is 0.553. The lowest BCUT2D eigenvalue weighted by Crippen LogP contribution is -2.37. The maximum atomic E-state index is 8.73. The molecule has 0 amide bonds. The largest absolute Gasteiger partial charge is 0.396 e. The zero-order chi connectivity index (χ0) is 11.1. The van der Waals surface area contributed by atoms with Gasteiger partial charge in [0.15, 0.2) is 0 Å². The van der Waals surface area contributed by atoms with Crippen LogP contribution in [0.5, 0.6) is 0 Å². The number of hydrogen-bond donors (Lipinski definition) is 2. The van der Waals surface area contributed by atoms with Gasteiger partial charge in [0.2, 0.25) is 0 Å². The predicted molar refractivity (Wildman–Crippen MR) is 64.0 cm³/mol. The van der Waals surface area contributed by atoms with Crippen molar-refractivity contribution in [3.63, 3.8) is 0 Å². The molecule has 15 heavy (non-hydrogen) atoms. The van der Waals surface area contributed by atoms with Crippen LogP contribution in [-0.4, -0.2) is 49.3 Å². The van der Waals surface area contributed by atoms with E-state index in [1.807, 2.05) is 0 Å². The fourth-order valence-electron chi connectivity index (χ4n) is 2.13. The quantitative estimate of drug-likeness (QED) is 0.694. The Labute approximate surface area is 93.9 Å². The summed E-state index contributed by atoms with van der Waals surface area (Å²) < 4.78 is 0. The van der Waals surface area contributed by atoms with E-state index in [9.17, 15) is 0 Å². The molecule has 3 heteroatoms. The molecule has 0 bridgehead atoms. The molecule has 1 rings (SSSR count). The summed E-state index contributed by atoms with van der Waals surface area (Å²) in [6.45, 7) is 6.18. The molecule has 90 valence electrons. The summed E-state index contributed by atoms with van der Waals surface area (Å²) in [4.78, 5) is 2.41. The maximum absolute atomic E-state index is 8.73. The van der Waals surface area contributed by atoms with Crippen molar-refractivity contribution in [2.75, 3.05) is 33.3 Å². The molecule has 0 radical (unpaired) electrons. The maximum Gasteiger partial charge on any atom is 0.0431 e. The summed E-state index contributed by atoms with van der Waals surface area (Å²) in [7, 11) is 2.20. The summed E-state index contributed by atoms with van der Waals surface area (Å²) in [5, 5.41) is 12.3. The number of hydrogen-bond acceptors (Lipinski definition) is 3. The molecule has 1 atom stereocenters. The molecule has 0 aromatic rings. The number of likely N-dealkylation sites (tertiary alicyclic amines) is 1. The summed E-state index contributed by atoms with van der Waals surface area (Å²) in [5.74, 6) is 0.859. The van der Waals surface area contributed by atoms with E-state index in [0.29, 0.717) is 12.6 Å². The summed E-state index contributed by atoms with van der Waals surface area (Å²) in [6.07, 6.45) is 4.66. The Morgan fingerprint density at radius 2 is 2.07 bits per heavy atom. The van der Waals surface area contributed by atoms with Gasteiger partial charge in [-0.15, -0.1) is 0 Å². The zero-order valence-electron chi connectivity index (χ0n) is 10.2. The SMILES string of the molecule is CC(CCCO)NCC1CCN(C)CC1. The molecule has 0 aromatic carbocycles. The highest BCUT2D eigenvalue weighted by Crippen LogP contribution is 2.15. The lowest BCUT2D eigenvalue weighted by molar-refractivity contribution is 0.211. The second-order valence-corrected chi connectivity index (χ2v) is 4.92. The van der Waals surface area contributed by atoms with Crippen LogP contribution >= 0.6 is 0 Å². The zero-order valence-corrected chi connectivity index (χ0v) is 10.2. The molecule has 1 aliphatic rings. The Morgan fingerprint density at radius 1 is 1.40 bits per heavy atom. The second-order valence-electron chi connectivity index (χ2n) is 4.92. The molecule has 0 saturated carbocycles. The van der Waals surface area contributed by atoms with Crippen LogP contribution in [0.2, 0.25) is 0 Å². The molecule has 3 nitrogen and oxygen atoms in total. The van der Waals surface area contributed by atoms with Gasteiger partial charge >= 0.3 is 0 Å². The first-order chi connectivity index (χ1) is 7.22. The molecule has 1 unspecified atom stereocenters. The van der Waals surface area contributed by atoms with Crippen LogP contribution in [0, 0.1) is 5.92 Å². The predicted octanol–water partition coefficient (Wildman–Crippen LogP) is 1.08. The van der Waals surface area contributed by atoms with Crippen molar-refractivity contribution in [2.45, 2.75) is 38.6 Å². The van der Waals surface area contributed by atoms with Crippen LogP contribution in [-0.2, 0) is 0 Å². The smallest absolute Gasteiger partial charge is 0.0431 e. The van der Waals surface area contributed by atoms with E-state index in [0.717, 1.165) is 25.3 Å². The van der Waals surface area contributed by atoms with Crippen LogP contribution in [0.4, 0.5) is 0 Å². The minimum absolute atomic E-state index is 0.320. The fraction of sp³-hybridized carbons (Fsp3) is 1.00. The van der Waals surface area contributed by atoms with E-state index < -0.39 is 0 Å². The van der Waals surface area contributed by atoms with Crippen molar-refractivity contribution >= 4 is 0 Å². The fourth-order valence-corrected chi connectivity index (χ4v) is 2.13. The molecule has 1 heterocycles. The highest BCUT2D eigenvalue weighted by molar-refractivity contribution is 4.73. The van der Waals surface area contributed by atoms with E-state index in [4.69, 9.17) is 5.11 Å². The summed E-state index contributed by atoms with van der Waals surface area (Å²) >= 11 is 0. The van der Waals surface area contributed by atoms with Gasteiger partial charge < -0.3 is 15.3 Å². The number of aliphatic hydroxyl groups is 1. The van der Waals surface area contributed by atoms with Crippen LogP contribution in [0.3, 0.4) is 0 Å². The van der Waals surface area contributed by atoms with Crippen molar-refractivity contribution in [2.24, 2.45) is 5.92 Å². The van der Waals surface area contributed by atoms with E-state index in [1.165, 1.54) is 25.9 Å². The van der Waals surface area contributed by atoms with Gasteiger partial charge in [0, 0.05) is 12.6 Å². The number of rotatable bonds is 6. The van der Waals surface area contributed by atoms with Gasteiger partial charge in [0.05, 0.1) is 0 Å². The van der Waals surface area contributed by atoms with Gasteiger partial charge in [-0.2, -0.15) is 0 Å². The van der Waals surface area contributed by atoms with Gasteiger partial charge in [-0.05, 0) is 65.2 Å². The van der Waals surface area contributed by atoms with Gasteiger partial charge in [-0.3, -0.25) is 0 Å². The molecule has 0 aliphatic carbocycles. The Morgan fingerprint density at radius 3 is 2.67 bits per heavy atom. The minimum atomic E-state index is 0.320. The average Bonchev–Trinajstić information content (AvgIpc) is 2.25. The molecule has 2 N–H and O–H groups in total. The van der Waals surface area contributed by atoms with Crippen LogP contribution in [0.1, 0.15) is 32.6 Å². The Hall–Kier alpha value is -0.120. The molecular formula is C12H26N2O. The van der Waals surface area contributed by atoms with Gasteiger partial charge in [0.25, 0.3) is 0 Å². The highest BCUT2D eigenvalue weighted by atomic mass is 16.2. The number of aliphatic hydroxyl groups excluding tert-OH is 1. The minimum Gasteiger partial charge on any atom is -0.396 e. The third-order valence-corrected chi connectivity index (χ3v) is 3.39. The van der Waals surface area contributed by atoms with E-state index in [2.05, 4.69) is 24.2 Å². The monoisotopic (exact) mass is 214 g/mol. The average molecular weight is 214 g/mol. The van der Waals surface area contributed by atoms with E-state index in [-0.39, 0.29) is 0 Å². The molecule has 0 aromatic heterocycles. The van der Waals surface area contributed by atoms with Gasteiger partial charge in [-0.25, -0.2) is 0 Å². The van der Waals surface area contributed by atoms with Crippen LogP contribution in [0.25, 0.3) is 0 Å². The standard InChI is InChI=1S/C12H26N2O/c1-11(4-3-9-15)13-10-12-5-7-14(2)8-6-12/h11-13,15H,3-10H2,1-2H3. The van der Waals surface area contributed by atoms with Crippen molar-refractivity contribution in [3.05, 3.63) is 0 Å². The summed E-state index contributed by atoms with van der Waals surface area (Å²) in [5.41, 5.74) is 0.